The molecule has 192 valence electrons. The molecule has 0 fully saturated rings. The fourth-order valence-corrected chi connectivity index (χ4v) is 0.300. The van der Waals surface area contributed by atoms with Gasteiger partial charge in [0.1, 0.15) is 0 Å². The summed E-state index contributed by atoms with van der Waals surface area (Å²) in [5.74, 6) is -3.93. The molecule has 15 heteroatoms. The zero-order valence-corrected chi connectivity index (χ0v) is 17.6. The van der Waals surface area contributed by atoms with Gasteiger partial charge in [-0.2, -0.15) is 0 Å². The van der Waals surface area contributed by atoms with Crippen LogP contribution in [0, 0.1) is 5.41 Å². The number of carboxylic acids is 4. The highest BCUT2D eigenvalue weighted by Crippen LogP contribution is 2.11. The maximum absolute atomic E-state index is 9.25. The smallest absolute Gasteiger partial charge is 0.402 e. The number of aliphatic hydroxyl groups excluding tert-OH is 4. The molecule has 0 rings (SSSR count). The molecule has 11 N–H and O–H groups in total. The van der Waals surface area contributed by atoms with Gasteiger partial charge < -0.3 is 51.7 Å². The second-order valence-corrected chi connectivity index (χ2v) is 4.64. The Morgan fingerprint density at radius 2 is 0.636 bits per heavy atom. The fourth-order valence-electron chi connectivity index (χ4n) is 0.300. The predicted octanol–water partition coefficient (Wildman–Crippen LogP) is -1.41. The summed E-state index contributed by atoms with van der Waals surface area (Å²) in [4.78, 5) is 45.8. The number of amides is 1. The Balaban J connectivity index is -0.0000000681. The number of hydrogen-bond acceptors (Lipinski definition) is 9. The normalized spacial score (nSPS) is 7.88. The number of aliphatic hydroxyl groups is 4. The number of carbonyl (C=O) groups is 5. The SMILES string of the molecule is C=CC(=O)O.C=CC(=O)O.C=CC(=O)O.C=CC(=O)O.NC(=O)O.OCC(CO)(CO)CO. The van der Waals surface area contributed by atoms with Crippen LogP contribution >= 0.6 is 0 Å². The van der Waals surface area contributed by atoms with E-state index in [1.54, 1.807) is 0 Å². The van der Waals surface area contributed by atoms with Crippen LogP contribution in [0.25, 0.3) is 0 Å². The summed E-state index contributed by atoms with van der Waals surface area (Å²) in [6.07, 6.45) is 2.00. The van der Waals surface area contributed by atoms with Crippen molar-refractivity contribution in [1.29, 1.82) is 0 Å². The minimum absolute atomic E-state index is 0.406. The largest absolute Gasteiger partial charge is 0.478 e. The third-order valence-corrected chi connectivity index (χ3v) is 2.04. The molecule has 0 aliphatic heterocycles. The lowest BCUT2D eigenvalue weighted by molar-refractivity contribution is -0.132. The van der Waals surface area contributed by atoms with Crippen LogP contribution in [0.15, 0.2) is 50.6 Å². The van der Waals surface area contributed by atoms with Crippen molar-refractivity contribution in [3.8, 4) is 0 Å². The summed E-state index contributed by atoms with van der Waals surface area (Å²) >= 11 is 0. The number of rotatable bonds is 8. The number of aliphatic carboxylic acids is 4. The predicted molar refractivity (Wildman–Crippen MR) is 114 cm³/mol. The molecule has 0 heterocycles. The van der Waals surface area contributed by atoms with Crippen molar-refractivity contribution >= 4 is 30.0 Å². The number of carboxylic acid groups (broad SMARTS) is 5. The molecule has 1 amide bonds. The monoisotopic (exact) mass is 485 g/mol. The van der Waals surface area contributed by atoms with Gasteiger partial charge >= 0.3 is 30.0 Å². The van der Waals surface area contributed by atoms with E-state index in [1.165, 1.54) is 0 Å². The van der Waals surface area contributed by atoms with E-state index in [2.05, 4.69) is 32.0 Å². The van der Waals surface area contributed by atoms with Crippen LogP contribution in [0.2, 0.25) is 0 Å². The number of nitrogens with two attached hydrogens (primary N) is 1. The van der Waals surface area contributed by atoms with Crippen LogP contribution < -0.4 is 5.73 Å². The summed E-state index contributed by atoms with van der Waals surface area (Å²) in [7, 11) is 0. The molecule has 0 atom stereocenters. The van der Waals surface area contributed by atoms with Crippen LogP contribution in [0.3, 0.4) is 0 Å². The van der Waals surface area contributed by atoms with Gasteiger partial charge in [-0.15, -0.1) is 0 Å². The molecule has 0 radical (unpaired) electrons. The van der Waals surface area contributed by atoms with Gasteiger partial charge in [-0.3, -0.25) is 0 Å². The van der Waals surface area contributed by atoms with Gasteiger partial charge in [0.25, 0.3) is 0 Å². The van der Waals surface area contributed by atoms with E-state index >= 15 is 0 Å². The molecule has 0 aliphatic carbocycles. The minimum atomic E-state index is -1.33. The summed E-state index contributed by atoms with van der Waals surface area (Å²) in [5, 5.41) is 71.6. The van der Waals surface area contributed by atoms with E-state index in [1.807, 2.05) is 0 Å². The molecule has 0 aromatic rings. The van der Waals surface area contributed by atoms with Gasteiger partial charge in [0, 0.05) is 24.3 Å². The van der Waals surface area contributed by atoms with E-state index in [0.717, 1.165) is 24.3 Å². The first-order valence-electron chi connectivity index (χ1n) is 7.89. The van der Waals surface area contributed by atoms with Crippen molar-refractivity contribution in [2.24, 2.45) is 11.1 Å². The summed E-state index contributed by atoms with van der Waals surface area (Å²) in [5.41, 5.74) is 2.92. The molecular formula is C18H31NO14. The van der Waals surface area contributed by atoms with E-state index in [9.17, 15) is 19.2 Å². The van der Waals surface area contributed by atoms with Gasteiger partial charge in [-0.1, -0.05) is 26.3 Å². The lowest BCUT2D eigenvalue weighted by atomic mass is 9.93. The molecule has 0 saturated carbocycles. The fraction of sp³-hybridized carbons (Fsp3) is 0.278. The quantitative estimate of drug-likeness (QED) is 0.177. The molecule has 0 bridgehead atoms. The Hall–Kier alpha value is -4.05. The van der Waals surface area contributed by atoms with Gasteiger partial charge in [-0.05, 0) is 0 Å². The first-order chi connectivity index (χ1) is 15.1. The highest BCUT2D eigenvalue weighted by molar-refractivity contribution is 5.79. The first kappa shape index (κ1) is 42.9. The van der Waals surface area contributed by atoms with Crippen molar-refractivity contribution < 1.29 is 69.9 Å². The molecule has 15 nitrogen and oxygen atoms in total. The zero-order chi connectivity index (χ0) is 28.0. The Labute approximate surface area is 189 Å². The summed E-state index contributed by atoms with van der Waals surface area (Å²) in [6.45, 7) is 10.2. The molecule has 0 aromatic carbocycles. The lowest BCUT2D eigenvalue weighted by Crippen LogP contribution is -2.37. The van der Waals surface area contributed by atoms with E-state index < -0.39 is 61.8 Å². The molecular weight excluding hydrogens is 454 g/mol. The molecule has 0 aromatic heterocycles. The van der Waals surface area contributed by atoms with Gasteiger partial charge in [0.15, 0.2) is 0 Å². The summed E-state index contributed by atoms with van der Waals surface area (Å²) < 4.78 is 0. The maximum Gasteiger partial charge on any atom is 0.402 e. The zero-order valence-electron chi connectivity index (χ0n) is 17.6. The number of primary amides is 1. The van der Waals surface area contributed by atoms with E-state index in [0.29, 0.717) is 0 Å². The molecule has 0 unspecified atom stereocenters. The first-order valence-corrected chi connectivity index (χ1v) is 7.89. The van der Waals surface area contributed by atoms with Gasteiger partial charge in [-0.25, -0.2) is 24.0 Å². The topological polar surface area (TPSA) is 293 Å². The Morgan fingerprint density at radius 3 is 0.636 bits per heavy atom. The van der Waals surface area contributed by atoms with Crippen molar-refractivity contribution in [2.75, 3.05) is 26.4 Å². The molecule has 0 saturated heterocycles. The summed E-state index contributed by atoms with van der Waals surface area (Å²) in [6, 6.07) is 0. The Kier molecular flexibility index (Phi) is 42.4. The average molecular weight is 485 g/mol. The molecule has 0 aliphatic rings. The minimum Gasteiger partial charge on any atom is -0.478 e. The number of hydrogen-bond donors (Lipinski definition) is 10. The van der Waals surface area contributed by atoms with E-state index in [4.69, 9.17) is 50.8 Å². The highest BCUT2D eigenvalue weighted by atomic mass is 16.4. The molecule has 0 spiro atoms. The highest BCUT2D eigenvalue weighted by Gasteiger charge is 2.26. The standard InChI is InChI=1S/C5H12O4.4C3H4O2.CH3NO2/c6-1-5(2-7,3-8)4-9;4*1-2-3(4)5;2-1(3)4/h6-9H,1-4H2;4*2H,1H2,(H,4,5);2H2,(H,3,4). The van der Waals surface area contributed by atoms with Gasteiger partial charge in [0.2, 0.25) is 0 Å². The van der Waals surface area contributed by atoms with Crippen molar-refractivity contribution in [3.05, 3.63) is 50.6 Å². The average Bonchev–Trinajstić information content (AvgIpc) is 2.76. The Morgan fingerprint density at radius 1 is 0.545 bits per heavy atom. The van der Waals surface area contributed by atoms with Crippen LogP contribution in [-0.4, -0.2) is 102 Å². The van der Waals surface area contributed by atoms with Crippen molar-refractivity contribution in [1.82, 2.24) is 0 Å². The van der Waals surface area contributed by atoms with Crippen LogP contribution in [0.1, 0.15) is 0 Å². The lowest BCUT2D eigenvalue weighted by Gasteiger charge is -2.23. The van der Waals surface area contributed by atoms with Crippen molar-refractivity contribution in [2.45, 2.75) is 0 Å². The van der Waals surface area contributed by atoms with Crippen molar-refractivity contribution in [3.63, 3.8) is 0 Å². The third-order valence-electron chi connectivity index (χ3n) is 2.04. The Bertz CT molecular complexity index is 503. The van der Waals surface area contributed by atoms with Crippen LogP contribution in [0.4, 0.5) is 4.79 Å². The van der Waals surface area contributed by atoms with Crippen LogP contribution in [-0.2, 0) is 19.2 Å². The second kappa shape index (κ2) is 32.6. The van der Waals surface area contributed by atoms with Crippen LogP contribution in [0.5, 0.6) is 0 Å². The van der Waals surface area contributed by atoms with E-state index in [-0.39, 0.29) is 0 Å². The maximum atomic E-state index is 9.25. The molecule has 33 heavy (non-hydrogen) atoms. The third kappa shape index (κ3) is 74.0. The second-order valence-electron chi connectivity index (χ2n) is 4.64. The van der Waals surface area contributed by atoms with Gasteiger partial charge in [0.05, 0.1) is 31.8 Å².